The lowest BCUT2D eigenvalue weighted by molar-refractivity contribution is 0.0886. The number of thiocarbonyl (C=S) groups is 1. The molecule has 3 N–H and O–H groups in total. The van der Waals surface area contributed by atoms with Crippen molar-refractivity contribution in [3.05, 3.63) is 28.2 Å². The molecule has 0 radical (unpaired) electrons. The van der Waals surface area contributed by atoms with E-state index >= 15 is 0 Å². The van der Waals surface area contributed by atoms with E-state index < -0.39 is 5.60 Å². The van der Waals surface area contributed by atoms with Gasteiger partial charge in [-0.1, -0.05) is 12.2 Å². The lowest BCUT2D eigenvalue weighted by atomic mass is 10.1. The van der Waals surface area contributed by atoms with Gasteiger partial charge in [-0.15, -0.1) is 0 Å². The van der Waals surface area contributed by atoms with E-state index in [-0.39, 0.29) is 0 Å². The van der Waals surface area contributed by atoms with E-state index in [1.807, 2.05) is 30.1 Å². The third-order valence-corrected chi connectivity index (χ3v) is 3.14. The first kappa shape index (κ1) is 14.4. The second-order valence-electron chi connectivity index (χ2n) is 4.70. The van der Waals surface area contributed by atoms with Gasteiger partial charge in [0.1, 0.15) is 4.99 Å². The molecule has 1 rings (SSSR count). The maximum Gasteiger partial charge on any atom is 0.104 e. The molecule has 0 saturated heterocycles. The minimum absolute atomic E-state index is 0.377. The highest BCUT2D eigenvalue weighted by atomic mass is 79.9. The van der Waals surface area contributed by atoms with Crippen molar-refractivity contribution in [2.45, 2.75) is 19.4 Å². The summed E-state index contributed by atoms with van der Waals surface area (Å²) in [7, 11) is 1.93. The van der Waals surface area contributed by atoms with E-state index in [1.54, 1.807) is 13.8 Å². The molecule has 0 spiro atoms. The van der Waals surface area contributed by atoms with Gasteiger partial charge < -0.3 is 15.7 Å². The largest absolute Gasteiger partial charge is 0.389 e. The molecule has 0 amide bonds. The van der Waals surface area contributed by atoms with Crippen molar-refractivity contribution in [1.82, 2.24) is 0 Å². The van der Waals surface area contributed by atoms with Gasteiger partial charge in [0.25, 0.3) is 0 Å². The van der Waals surface area contributed by atoms with Crippen LogP contribution in [-0.2, 0) is 0 Å². The van der Waals surface area contributed by atoms with Gasteiger partial charge in [0.15, 0.2) is 0 Å². The van der Waals surface area contributed by atoms with Crippen LogP contribution in [0.5, 0.6) is 0 Å². The molecule has 0 fully saturated rings. The molecule has 0 aliphatic rings. The van der Waals surface area contributed by atoms with Crippen LogP contribution >= 0.6 is 28.1 Å². The fourth-order valence-corrected chi connectivity index (χ4v) is 2.44. The Kier molecular flexibility index (Phi) is 4.52. The van der Waals surface area contributed by atoms with Crippen molar-refractivity contribution in [3.63, 3.8) is 0 Å². The van der Waals surface area contributed by atoms with Gasteiger partial charge >= 0.3 is 0 Å². The Balaban J connectivity index is 2.96. The van der Waals surface area contributed by atoms with Crippen molar-refractivity contribution in [2.75, 3.05) is 18.5 Å². The first-order valence-corrected chi connectivity index (χ1v) is 6.44. The van der Waals surface area contributed by atoms with E-state index in [0.717, 1.165) is 15.7 Å². The van der Waals surface area contributed by atoms with Gasteiger partial charge in [-0.25, -0.2) is 0 Å². The van der Waals surface area contributed by atoms with Gasteiger partial charge in [0.05, 0.1) is 11.3 Å². The van der Waals surface area contributed by atoms with E-state index in [1.165, 1.54) is 0 Å². The van der Waals surface area contributed by atoms with Gasteiger partial charge in [-0.2, -0.15) is 0 Å². The minimum Gasteiger partial charge on any atom is -0.389 e. The second kappa shape index (κ2) is 5.33. The zero-order chi connectivity index (χ0) is 13.2. The molecule has 0 bridgehead atoms. The monoisotopic (exact) mass is 316 g/mol. The predicted octanol–water partition coefficient (Wildman–Crippen LogP) is 2.29. The molecule has 94 valence electrons. The van der Waals surface area contributed by atoms with Gasteiger partial charge in [0.2, 0.25) is 0 Å². The molecule has 0 aliphatic heterocycles. The average Bonchev–Trinajstić information content (AvgIpc) is 2.14. The molecule has 0 atom stereocenters. The number of rotatable bonds is 4. The Bertz CT molecular complexity index is 429. The summed E-state index contributed by atoms with van der Waals surface area (Å²) in [6, 6.07) is 5.70. The molecule has 0 aromatic heterocycles. The number of nitrogens with two attached hydrogens (primary N) is 1. The average molecular weight is 317 g/mol. The number of benzene rings is 1. The number of likely N-dealkylation sites (N-methyl/N-ethyl adjacent to an activating group) is 1. The molecule has 5 heteroatoms. The Morgan fingerprint density at radius 3 is 2.53 bits per heavy atom. The lowest BCUT2D eigenvalue weighted by Crippen LogP contribution is -2.36. The standard InChI is InChI=1S/C12H17BrN2OS/c1-12(2,16)7-15(3)10-5-4-8(11(14)17)6-9(10)13/h4-6,16H,7H2,1-3H3,(H2,14,17). The first-order chi connectivity index (χ1) is 7.70. The summed E-state index contributed by atoms with van der Waals surface area (Å²) < 4.78 is 0.912. The fraction of sp³-hybridized carbons (Fsp3) is 0.417. The van der Waals surface area contributed by atoms with Crippen molar-refractivity contribution in [3.8, 4) is 0 Å². The summed E-state index contributed by atoms with van der Waals surface area (Å²) in [6.07, 6.45) is 0. The topological polar surface area (TPSA) is 49.5 Å². The number of hydrogen-bond acceptors (Lipinski definition) is 3. The first-order valence-electron chi connectivity index (χ1n) is 5.23. The highest BCUT2D eigenvalue weighted by Gasteiger charge is 2.17. The molecule has 0 unspecified atom stereocenters. The van der Waals surface area contributed by atoms with E-state index in [2.05, 4.69) is 15.9 Å². The number of halogens is 1. The Morgan fingerprint density at radius 2 is 2.12 bits per heavy atom. The van der Waals surface area contributed by atoms with Crippen molar-refractivity contribution < 1.29 is 5.11 Å². The number of nitrogens with zero attached hydrogens (tertiary/aromatic N) is 1. The fourth-order valence-electron chi connectivity index (χ4n) is 1.64. The normalized spacial score (nSPS) is 11.4. The predicted molar refractivity (Wildman–Crippen MR) is 79.6 cm³/mol. The van der Waals surface area contributed by atoms with Crippen LogP contribution in [0.3, 0.4) is 0 Å². The summed E-state index contributed by atoms with van der Waals surface area (Å²) >= 11 is 8.41. The quantitative estimate of drug-likeness (QED) is 0.837. The van der Waals surface area contributed by atoms with E-state index in [9.17, 15) is 5.11 Å². The summed E-state index contributed by atoms with van der Waals surface area (Å²) in [5.74, 6) is 0. The van der Waals surface area contributed by atoms with E-state index in [0.29, 0.717) is 11.5 Å². The molecule has 0 aliphatic carbocycles. The third kappa shape index (κ3) is 4.26. The zero-order valence-electron chi connectivity index (χ0n) is 10.2. The van der Waals surface area contributed by atoms with E-state index in [4.69, 9.17) is 18.0 Å². The van der Waals surface area contributed by atoms with Crippen LogP contribution in [0.4, 0.5) is 5.69 Å². The highest BCUT2D eigenvalue weighted by molar-refractivity contribution is 9.10. The molecule has 1 aromatic rings. The maximum atomic E-state index is 9.79. The minimum atomic E-state index is -0.740. The molecule has 0 heterocycles. The highest BCUT2D eigenvalue weighted by Crippen LogP contribution is 2.27. The van der Waals surface area contributed by atoms with Crippen LogP contribution in [0, 0.1) is 0 Å². The molecule has 1 aromatic carbocycles. The Labute approximate surface area is 116 Å². The molecular formula is C12H17BrN2OS. The van der Waals surface area contributed by atoms with Crippen LogP contribution in [0.25, 0.3) is 0 Å². The summed E-state index contributed by atoms with van der Waals surface area (Å²) in [5, 5.41) is 9.79. The van der Waals surface area contributed by atoms with Crippen LogP contribution < -0.4 is 10.6 Å². The van der Waals surface area contributed by atoms with Crippen LogP contribution in [0.15, 0.2) is 22.7 Å². The van der Waals surface area contributed by atoms with Gasteiger partial charge in [-0.05, 0) is 48.0 Å². The van der Waals surface area contributed by atoms with Crippen LogP contribution in [0.2, 0.25) is 0 Å². The Morgan fingerprint density at radius 1 is 1.53 bits per heavy atom. The third-order valence-electron chi connectivity index (χ3n) is 2.27. The zero-order valence-corrected chi connectivity index (χ0v) is 12.6. The second-order valence-corrected chi connectivity index (χ2v) is 5.99. The Hall–Kier alpha value is -0.650. The maximum absolute atomic E-state index is 9.79. The number of anilines is 1. The molecular weight excluding hydrogens is 300 g/mol. The van der Waals surface area contributed by atoms with Crippen molar-refractivity contribution >= 4 is 38.8 Å². The number of aliphatic hydroxyl groups is 1. The van der Waals surface area contributed by atoms with Gasteiger partial charge in [-0.3, -0.25) is 0 Å². The molecule has 3 nitrogen and oxygen atoms in total. The summed E-state index contributed by atoms with van der Waals surface area (Å²) in [4.78, 5) is 2.36. The molecule has 17 heavy (non-hydrogen) atoms. The summed E-state index contributed by atoms with van der Waals surface area (Å²) in [6.45, 7) is 4.10. The smallest absolute Gasteiger partial charge is 0.104 e. The lowest BCUT2D eigenvalue weighted by Gasteiger charge is -2.28. The van der Waals surface area contributed by atoms with Crippen molar-refractivity contribution in [2.24, 2.45) is 5.73 Å². The van der Waals surface area contributed by atoms with Crippen LogP contribution in [0.1, 0.15) is 19.4 Å². The SMILES string of the molecule is CN(CC(C)(C)O)c1ccc(C(N)=S)cc1Br. The van der Waals surface area contributed by atoms with Gasteiger partial charge in [0, 0.05) is 23.6 Å². The molecule has 0 saturated carbocycles. The number of hydrogen-bond donors (Lipinski definition) is 2. The summed E-state index contributed by atoms with van der Waals surface area (Å²) in [5.41, 5.74) is 6.65. The van der Waals surface area contributed by atoms with Crippen molar-refractivity contribution in [1.29, 1.82) is 0 Å². The van der Waals surface area contributed by atoms with Crippen LogP contribution in [-0.4, -0.2) is 29.3 Å².